The Morgan fingerprint density at radius 2 is 2.00 bits per heavy atom. The molecule has 98 valence electrons. The Balaban J connectivity index is 2.34. The average Bonchev–Trinajstić information content (AvgIpc) is 2.36. The molecule has 0 radical (unpaired) electrons. The zero-order valence-corrected chi connectivity index (χ0v) is 9.83. The Kier molecular flexibility index (Phi) is 3.88. The minimum atomic E-state index is -1.00. The summed E-state index contributed by atoms with van der Waals surface area (Å²) >= 11 is 0. The van der Waals surface area contributed by atoms with Crippen LogP contribution in [-0.4, -0.2) is 37.0 Å². The molecule has 4 nitrogen and oxygen atoms in total. The van der Waals surface area contributed by atoms with Crippen molar-refractivity contribution in [3.63, 3.8) is 0 Å². The molecule has 1 atom stereocenters. The quantitative estimate of drug-likeness (QED) is 0.821. The maximum atomic E-state index is 13.7. The van der Waals surface area contributed by atoms with Gasteiger partial charge in [-0.05, 0) is 6.07 Å². The Labute approximate surface area is 104 Å². The number of hydrogen-bond acceptors (Lipinski definition) is 3. The lowest BCUT2D eigenvalue weighted by Gasteiger charge is -2.33. The van der Waals surface area contributed by atoms with Gasteiger partial charge in [0.15, 0.2) is 11.6 Å². The first-order chi connectivity index (χ1) is 8.61. The van der Waals surface area contributed by atoms with E-state index in [-0.39, 0.29) is 5.56 Å². The second kappa shape index (κ2) is 5.41. The lowest BCUT2D eigenvalue weighted by Crippen LogP contribution is -2.48. The lowest BCUT2D eigenvalue weighted by molar-refractivity contribution is -0.123. The predicted molar refractivity (Wildman–Crippen MR) is 62.7 cm³/mol. The van der Waals surface area contributed by atoms with Gasteiger partial charge in [-0.25, -0.2) is 8.78 Å². The molecule has 18 heavy (non-hydrogen) atoms. The molecule has 1 aromatic carbocycles. The first-order valence-electron chi connectivity index (χ1n) is 5.79. The molecule has 1 aliphatic rings. The molecule has 2 rings (SSSR count). The molecule has 0 saturated carbocycles. The zero-order valence-electron chi connectivity index (χ0n) is 9.83. The van der Waals surface area contributed by atoms with Crippen molar-refractivity contribution < 1.29 is 13.6 Å². The number of nitrogens with one attached hydrogen (secondary N) is 1. The molecule has 1 saturated heterocycles. The van der Waals surface area contributed by atoms with Crippen LogP contribution >= 0.6 is 0 Å². The van der Waals surface area contributed by atoms with Crippen molar-refractivity contribution in [2.75, 3.05) is 26.2 Å². The van der Waals surface area contributed by atoms with E-state index in [1.54, 1.807) is 4.90 Å². The number of rotatable bonds is 3. The molecule has 0 aliphatic carbocycles. The van der Waals surface area contributed by atoms with E-state index in [0.717, 1.165) is 6.07 Å². The zero-order chi connectivity index (χ0) is 13.1. The molecule has 3 N–H and O–H groups in total. The molecule has 1 amide bonds. The van der Waals surface area contributed by atoms with Gasteiger partial charge in [0.2, 0.25) is 5.91 Å². The minimum absolute atomic E-state index is 0.00407. The number of piperazine rings is 1. The van der Waals surface area contributed by atoms with Crippen LogP contribution < -0.4 is 11.1 Å². The summed E-state index contributed by atoms with van der Waals surface area (Å²) in [5.74, 6) is -2.63. The molecule has 0 bridgehead atoms. The van der Waals surface area contributed by atoms with E-state index < -0.39 is 23.6 Å². The highest BCUT2D eigenvalue weighted by Gasteiger charge is 2.29. The van der Waals surface area contributed by atoms with E-state index >= 15 is 0 Å². The summed E-state index contributed by atoms with van der Waals surface area (Å²) in [6.45, 7) is 2.54. The predicted octanol–water partition coefficient (Wildman–Crippen LogP) is 0.396. The van der Waals surface area contributed by atoms with Crippen molar-refractivity contribution in [2.45, 2.75) is 6.04 Å². The molecule has 1 heterocycles. The maximum Gasteiger partial charge on any atom is 0.239 e. The van der Waals surface area contributed by atoms with E-state index in [1.165, 1.54) is 12.1 Å². The first kappa shape index (κ1) is 12.9. The van der Waals surface area contributed by atoms with Crippen molar-refractivity contribution in [3.05, 3.63) is 35.4 Å². The third kappa shape index (κ3) is 2.49. The number of amides is 1. The number of carbonyl (C=O) groups excluding carboxylic acids is 1. The van der Waals surface area contributed by atoms with Gasteiger partial charge in [0.05, 0.1) is 0 Å². The van der Waals surface area contributed by atoms with Gasteiger partial charge in [0.25, 0.3) is 0 Å². The molecule has 1 aliphatic heterocycles. The molecular weight excluding hydrogens is 240 g/mol. The van der Waals surface area contributed by atoms with Crippen LogP contribution in [0.4, 0.5) is 8.78 Å². The van der Waals surface area contributed by atoms with Gasteiger partial charge < -0.3 is 11.1 Å². The first-order valence-corrected chi connectivity index (χ1v) is 5.79. The van der Waals surface area contributed by atoms with Gasteiger partial charge in [-0.2, -0.15) is 0 Å². The summed E-state index contributed by atoms with van der Waals surface area (Å²) < 4.78 is 27.0. The average molecular weight is 255 g/mol. The van der Waals surface area contributed by atoms with E-state index in [1.807, 2.05) is 0 Å². The molecular formula is C12H15F2N3O. The summed E-state index contributed by atoms with van der Waals surface area (Å²) in [5, 5.41) is 3.12. The second-order valence-electron chi connectivity index (χ2n) is 4.23. The number of nitrogens with two attached hydrogens (primary N) is 1. The fraction of sp³-hybridized carbons (Fsp3) is 0.417. The summed E-state index contributed by atoms with van der Waals surface area (Å²) in [5.41, 5.74) is 5.33. The number of carbonyl (C=O) groups is 1. The van der Waals surface area contributed by atoms with E-state index in [9.17, 15) is 13.6 Å². The smallest absolute Gasteiger partial charge is 0.239 e. The van der Waals surface area contributed by atoms with Gasteiger partial charge in [0.1, 0.15) is 6.04 Å². The second-order valence-corrected chi connectivity index (χ2v) is 4.23. The lowest BCUT2D eigenvalue weighted by atomic mass is 10.0. The highest BCUT2D eigenvalue weighted by Crippen LogP contribution is 2.24. The Morgan fingerprint density at radius 1 is 1.33 bits per heavy atom. The van der Waals surface area contributed by atoms with Gasteiger partial charge in [-0.15, -0.1) is 0 Å². The van der Waals surface area contributed by atoms with Crippen LogP contribution in [-0.2, 0) is 4.79 Å². The largest absolute Gasteiger partial charge is 0.368 e. The van der Waals surface area contributed by atoms with Gasteiger partial charge >= 0.3 is 0 Å². The molecule has 0 aromatic heterocycles. The normalized spacial score (nSPS) is 18.6. The molecule has 1 fully saturated rings. The number of primary amides is 1. The van der Waals surface area contributed by atoms with E-state index in [4.69, 9.17) is 5.73 Å². The number of nitrogens with zero attached hydrogens (tertiary/aromatic N) is 1. The SMILES string of the molecule is NC(=O)C(c1cccc(F)c1F)N1CCNCC1. The summed E-state index contributed by atoms with van der Waals surface area (Å²) in [7, 11) is 0. The molecule has 1 unspecified atom stereocenters. The van der Waals surface area contributed by atoms with Crippen LogP contribution in [0.25, 0.3) is 0 Å². The topological polar surface area (TPSA) is 58.4 Å². The van der Waals surface area contributed by atoms with Crippen LogP contribution in [0.5, 0.6) is 0 Å². The monoisotopic (exact) mass is 255 g/mol. The fourth-order valence-corrected chi connectivity index (χ4v) is 2.20. The number of halogens is 2. The number of benzene rings is 1. The van der Waals surface area contributed by atoms with Gasteiger partial charge in [0, 0.05) is 31.7 Å². The van der Waals surface area contributed by atoms with Crippen molar-refractivity contribution in [1.29, 1.82) is 0 Å². The van der Waals surface area contributed by atoms with E-state index in [2.05, 4.69) is 5.32 Å². The van der Waals surface area contributed by atoms with Crippen LogP contribution in [0.3, 0.4) is 0 Å². The Morgan fingerprint density at radius 3 is 2.61 bits per heavy atom. The minimum Gasteiger partial charge on any atom is -0.368 e. The third-order valence-corrected chi connectivity index (χ3v) is 3.06. The Hall–Kier alpha value is -1.53. The maximum absolute atomic E-state index is 13.7. The van der Waals surface area contributed by atoms with Crippen LogP contribution in [0.1, 0.15) is 11.6 Å². The van der Waals surface area contributed by atoms with Crippen molar-refractivity contribution in [3.8, 4) is 0 Å². The number of hydrogen-bond donors (Lipinski definition) is 2. The van der Waals surface area contributed by atoms with Crippen LogP contribution in [0.15, 0.2) is 18.2 Å². The summed E-state index contributed by atoms with van der Waals surface area (Å²) in [6.07, 6.45) is 0. The third-order valence-electron chi connectivity index (χ3n) is 3.06. The van der Waals surface area contributed by atoms with Crippen LogP contribution in [0.2, 0.25) is 0 Å². The molecule has 0 spiro atoms. The summed E-state index contributed by atoms with van der Waals surface area (Å²) in [4.78, 5) is 13.3. The van der Waals surface area contributed by atoms with Crippen molar-refractivity contribution in [2.24, 2.45) is 5.73 Å². The highest BCUT2D eigenvalue weighted by atomic mass is 19.2. The Bertz CT molecular complexity index is 447. The highest BCUT2D eigenvalue weighted by molar-refractivity contribution is 5.81. The van der Waals surface area contributed by atoms with Gasteiger partial charge in [-0.1, -0.05) is 12.1 Å². The van der Waals surface area contributed by atoms with Gasteiger partial charge in [-0.3, -0.25) is 9.69 Å². The fourth-order valence-electron chi connectivity index (χ4n) is 2.20. The van der Waals surface area contributed by atoms with Crippen molar-refractivity contribution in [1.82, 2.24) is 10.2 Å². The van der Waals surface area contributed by atoms with Crippen molar-refractivity contribution >= 4 is 5.91 Å². The van der Waals surface area contributed by atoms with E-state index in [0.29, 0.717) is 26.2 Å². The molecule has 6 heteroatoms. The molecule has 1 aromatic rings. The standard InChI is InChI=1S/C12H15F2N3O/c13-9-3-1-2-8(10(9)14)11(12(15)18)17-6-4-16-5-7-17/h1-3,11,16H,4-7H2,(H2,15,18). The summed E-state index contributed by atoms with van der Waals surface area (Å²) in [6, 6.07) is 2.89. The van der Waals surface area contributed by atoms with Crippen LogP contribution in [0, 0.1) is 11.6 Å².